The van der Waals surface area contributed by atoms with Crippen LogP contribution in [0.2, 0.25) is 0 Å². The fraction of sp³-hybridized carbons (Fsp3) is 0.182. The molecule has 1 heterocycles. The van der Waals surface area contributed by atoms with E-state index in [9.17, 15) is 18.0 Å². The largest absolute Gasteiger partial charge is 0.475 e. The number of carbonyl (C=O) groups excluding carboxylic acids is 1. The summed E-state index contributed by atoms with van der Waals surface area (Å²) < 4.78 is 24.2. The molecule has 9 nitrogen and oxygen atoms in total. The van der Waals surface area contributed by atoms with Crippen molar-refractivity contribution < 1.29 is 23.1 Å². The molecule has 0 aliphatic rings. The number of rotatable bonds is 6. The second kappa shape index (κ2) is 6.10. The molecule has 11 heteroatoms. The van der Waals surface area contributed by atoms with E-state index in [1.165, 1.54) is 0 Å². The summed E-state index contributed by atoms with van der Waals surface area (Å²) in [5.74, 6) is -4.35. The van der Waals surface area contributed by atoms with E-state index in [0.717, 1.165) is 11.3 Å². The second-order valence-corrected chi connectivity index (χ2v) is 7.35. The third kappa shape index (κ3) is 3.39. The minimum absolute atomic E-state index is 0.115. The lowest BCUT2D eigenvalue weighted by Gasteiger charge is -1.95. The molecule has 0 aliphatic carbocycles. The number of fused-ring (bicyclic) bond motifs is 1. The zero-order valence-electron chi connectivity index (χ0n) is 10.8. The molecule has 114 valence electrons. The smallest absolute Gasteiger partial charge is 0.373 e. The van der Waals surface area contributed by atoms with E-state index in [-0.39, 0.29) is 10.9 Å². The second-order valence-electron chi connectivity index (χ2n) is 4.16. The first-order valence-electron chi connectivity index (χ1n) is 5.72. The van der Waals surface area contributed by atoms with E-state index in [2.05, 4.69) is 15.0 Å². The molecule has 22 heavy (non-hydrogen) atoms. The van der Waals surface area contributed by atoms with Gasteiger partial charge in [-0.1, -0.05) is 11.2 Å². The van der Waals surface area contributed by atoms with Crippen LogP contribution in [0.5, 0.6) is 0 Å². The third-order valence-electron chi connectivity index (χ3n) is 2.58. The van der Waals surface area contributed by atoms with E-state index in [1.54, 1.807) is 18.2 Å². The zero-order valence-corrected chi connectivity index (χ0v) is 12.5. The van der Waals surface area contributed by atoms with E-state index in [1.807, 2.05) is 0 Å². The topological polar surface area (TPSA) is 150 Å². The van der Waals surface area contributed by atoms with Gasteiger partial charge in [0, 0.05) is 4.91 Å². The molecule has 2 aromatic rings. The highest BCUT2D eigenvalue weighted by atomic mass is 32.2. The number of ketones is 1. The van der Waals surface area contributed by atoms with Gasteiger partial charge in [0.15, 0.2) is 0 Å². The normalized spacial score (nSPS) is 11.1. The van der Waals surface area contributed by atoms with Crippen molar-refractivity contribution in [3.63, 3.8) is 0 Å². The summed E-state index contributed by atoms with van der Waals surface area (Å²) in [6.07, 6.45) is 0. The number of carbonyl (C=O) groups is 2. The number of benzene rings is 1. The maximum atomic E-state index is 12.0. The molecule has 0 saturated heterocycles. The summed E-state index contributed by atoms with van der Waals surface area (Å²) in [4.78, 5) is 28.1. The maximum absolute atomic E-state index is 12.0. The van der Waals surface area contributed by atoms with Gasteiger partial charge in [0.2, 0.25) is 14.2 Å². The van der Waals surface area contributed by atoms with Gasteiger partial charge in [-0.3, -0.25) is 4.79 Å². The predicted octanol–water partition coefficient (Wildman–Crippen LogP) is 1.53. The standard InChI is InChI=1S/C11H8N4O5S2/c12-15-13-4-6-1-2-7-9(3-6)21-11(14-7)22(19,20)5-8(16)10(17)18/h1-3H,4-5H2,(H,17,18). The molecule has 1 N–H and O–H groups in total. The minimum atomic E-state index is -4.10. The number of aromatic nitrogens is 1. The Morgan fingerprint density at radius 3 is 2.77 bits per heavy atom. The highest BCUT2D eigenvalue weighted by molar-refractivity contribution is 7.94. The average Bonchev–Trinajstić information content (AvgIpc) is 2.88. The van der Waals surface area contributed by atoms with Crippen molar-refractivity contribution in [1.29, 1.82) is 0 Å². The molecule has 0 bridgehead atoms. The summed E-state index contributed by atoms with van der Waals surface area (Å²) in [7, 11) is -4.10. The van der Waals surface area contributed by atoms with Crippen LogP contribution in [0, 0.1) is 0 Å². The Balaban J connectivity index is 2.38. The number of carboxylic acids is 1. The first-order valence-corrected chi connectivity index (χ1v) is 8.19. The molecule has 0 spiro atoms. The number of sulfone groups is 1. The Kier molecular flexibility index (Phi) is 4.40. The van der Waals surface area contributed by atoms with Gasteiger partial charge in [-0.25, -0.2) is 18.2 Å². The first-order chi connectivity index (χ1) is 10.3. The van der Waals surface area contributed by atoms with E-state index >= 15 is 0 Å². The van der Waals surface area contributed by atoms with Crippen LogP contribution in [0.15, 0.2) is 27.7 Å². The zero-order chi connectivity index (χ0) is 16.3. The molecular formula is C11H8N4O5S2. The molecule has 2 rings (SSSR count). The minimum Gasteiger partial charge on any atom is -0.475 e. The highest BCUT2D eigenvalue weighted by Crippen LogP contribution is 2.27. The van der Waals surface area contributed by atoms with E-state index in [4.69, 9.17) is 10.6 Å². The Hall–Kier alpha value is -2.49. The molecule has 0 aliphatic heterocycles. The number of aliphatic carboxylic acids is 1. The van der Waals surface area contributed by atoms with Gasteiger partial charge in [0.1, 0.15) is 5.75 Å². The van der Waals surface area contributed by atoms with Gasteiger partial charge in [0.25, 0.3) is 5.78 Å². The SMILES string of the molecule is [N-]=[N+]=NCc1ccc2nc(S(=O)(=O)CC(=O)C(=O)O)sc2c1. The third-order valence-corrected chi connectivity index (χ3v) is 5.67. The lowest BCUT2D eigenvalue weighted by molar-refractivity contribution is -0.147. The highest BCUT2D eigenvalue weighted by Gasteiger charge is 2.26. The van der Waals surface area contributed by atoms with Crippen molar-refractivity contribution >= 4 is 43.1 Å². The van der Waals surface area contributed by atoms with Crippen LogP contribution < -0.4 is 0 Å². The molecule has 1 aromatic heterocycles. The van der Waals surface area contributed by atoms with Crippen LogP contribution in [-0.2, 0) is 26.0 Å². The summed E-state index contributed by atoms with van der Waals surface area (Å²) in [5.41, 5.74) is 9.35. The van der Waals surface area contributed by atoms with Crippen LogP contribution >= 0.6 is 11.3 Å². The van der Waals surface area contributed by atoms with Gasteiger partial charge >= 0.3 is 5.97 Å². The Bertz CT molecular complexity index is 912. The number of thiazole rings is 1. The Labute approximate surface area is 127 Å². The lowest BCUT2D eigenvalue weighted by atomic mass is 10.2. The van der Waals surface area contributed by atoms with Crippen molar-refractivity contribution in [3.8, 4) is 0 Å². The van der Waals surface area contributed by atoms with Crippen molar-refractivity contribution in [2.24, 2.45) is 5.11 Å². The quantitative estimate of drug-likeness (QED) is 0.364. The average molecular weight is 340 g/mol. The first kappa shape index (κ1) is 15.9. The van der Waals surface area contributed by atoms with Gasteiger partial charge in [-0.15, -0.1) is 11.3 Å². The van der Waals surface area contributed by atoms with Gasteiger partial charge in [-0.05, 0) is 23.2 Å². The fourth-order valence-corrected chi connectivity index (χ4v) is 4.13. The number of hydrogen-bond donors (Lipinski definition) is 1. The van der Waals surface area contributed by atoms with Gasteiger partial charge in [-0.2, -0.15) is 0 Å². The molecule has 0 amide bonds. The summed E-state index contributed by atoms with van der Waals surface area (Å²) in [6, 6.07) is 4.82. The van der Waals surface area contributed by atoms with Crippen molar-refractivity contribution in [3.05, 3.63) is 34.2 Å². The number of azide groups is 1. The molecule has 0 saturated carbocycles. The fourth-order valence-electron chi connectivity index (χ4n) is 1.59. The molecule has 0 atom stereocenters. The molecule has 0 unspecified atom stereocenters. The molecule has 0 fully saturated rings. The lowest BCUT2D eigenvalue weighted by Crippen LogP contribution is -2.23. The van der Waals surface area contributed by atoms with Gasteiger partial charge < -0.3 is 5.11 Å². The summed E-state index contributed by atoms with van der Waals surface area (Å²) >= 11 is 0.827. The predicted molar refractivity (Wildman–Crippen MR) is 77.2 cm³/mol. The monoisotopic (exact) mass is 340 g/mol. The molecular weight excluding hydrogens is 332 g/mol. The van der Waals surface area contributed by atoms with Crippen molar-refractivity contribution in [2.45, 2.75) is 10.9 Å². The number of hydrogen-bond acceptors (Lipinski definition) is 7. The van der Waals surface area contributed by atoms with Crippen molar-refractivity contribution in [1.82, 2.24) is 4.98 Å². The van der Waals surface area contributed by atoms with Gasteiger partial charge in [0.05, 0.1) is 16.8 Å². The number of nitrogens with zero attached hydrogens (tertiary/aromatic N) is 4. The van der Waals surface area contributed by atoms with Crippen LogP contribution in [0.4, 0.5) is 0 Å². The number of Topliss-reactive ketones (excluding diaryl/α,β-unsaturated/α-hetero) is 1. The van der Waals surface area contributed by atoms with E-state index in [0.29, 0.717) is 15.8 Å². The van der Waals surface area contributed by atoms with Crippen LogP contribution in [0.1, 0.15) is 5.56 Å². The number of carboxylic acid groups (broad SMARTS) is 1. The summed E-state index contributed by atoms with van der Waals surface area (Å²) in [5, 5.41) is 11.9. The maximum Gasteiger partial charge on any atom is 0.373 e. The molecule has 1 aromatic carbocycles. The van der Waals surface area contributed by atoms with Crippen LogP contribution in [0.3, 0.4) is 0 Å². The van der Waals surface area contributed by atoms with Crippen molar-refractivity contribution in [2.75, 3.05) is 5.75 Å². The van der Waals surface area contributed by atoms with E-state index < -0.39 is 27.3 Å². The Morgan fingerprint density at radius 1 is 1.41 bits per heavy atom. The Morgan fingerprint density at radius 2 is 2.14 bits per heavy atom. The molecule has 0 radical (unpaired) electrons. The summed E-state index contributed by atoms with van der Waals surface area (Å²) in [6.45, 7) is 0.115. The van der Waals surface area contributed by atoms with Crippen LogP contribution in [0.25, 0.3) is 20.7 Å². The van der Waals surface area contributed by atoms with Crippen LogP contribution in [-0.4, -0.2) is 36.0 Å².